The molecule has 25 heavy (non-hydrogen) atoms. The molecule has 3 rings (SSSR count). The molecule has 0 saturated heterocycles. The quantitative estimate of drug-likeness (QED) is 0.577. The van der Waals surface area contributed by atoms with Crippen molar-refractivity contribution in [3.63, 3.8) is 0 Å². The van der Waals surface area contributed by atoms with Crippen LogP contribution in [-0.4, -0.2) is 44.5 Å². The number of amides is 1. The molecule has 0 bridgehead atoms. The van der Waals surface area contributed by atoms with E-state index in [0.717, 1.165) is 21.8 Å². The fourth-order valence-electron chi connectivity index (χ4n) is 2.42. The van der Waals surface area contributed by atoms with Crippen molar-refractivity contribution in [1.29, 1.82) is 0 Å². The Morgan fingerprint density at radius 1 is 1.20 bits per heavy atom. The van der Waals surface area contributed by atoms with E-state index in [1.54, 1.807) is 18.5 Å². The lowest BCUT2D eigenvalue weighted by atomic mass is 10.1. The highest BCUT2D eigenvalue weighted by molar-refractivity contribution is 8.00. The minimum atomic E-state index is -1.08. The molecule has 2 aromatic heterocycles. The molecule has 1 aromatic carbocycles. The summed E-state index contributed by atoms with van der Waals surface area (Å²) in [5.41, 5.74) is 7.57. The Morgan fingerprint density at radius 2 is 1.92 bits per heavy atom. The number of carboxylic acid groups (broad SMARTS) is 1. The van der Waals surface area contributed by atoms with Crippen molar-refractivity contribution >= 4 is 51.1 Å². The summed E-state index contributed by atoms with van der Waals surface area (Å²) in [6.07, 6.45) is 3.39. The van der Waals surface area contributed by atoms with Crippen molar-refractivity contribution in [2.24, 2.45) is 5.73 Å². The summed E-state index contributed by atoms with van der Waals surface area (Å²) in [6, 6.07) is 8.29. The molecule has 7 nitrogen and oxygen atoms in total. The molecule has 4 N–H and O–H groups in total. The number of nitrogens with zero attached hydrogens (tertiary/aromatic N) is 2. The standard InChI is InChI=1S/C17H16N4O3S/c18-12(17(23)24)8-25-9-14(22)21-13-7-10-3-1-5-19-15(10)16-11(13)4-2-6-20-16/h1-7,12H,8-9,18H2,(H,21,22)(H,23,24). The highest BCUT2D eigenvalue weighted by Crippen LogP contribution is 2.29. The number of pyridine rings is 2. The number of rotatable bonds is 6. The van der Waals surface area contributed by atoms with E-state index in [-0.39, 0.29) is 17.4 Å². The maximum atomic E-state index is 12.2. The first-order valence-corrected chi connectivity index (χ1v) is 8.70. The zero-order chi connectivity index (χ0) is 17.8. The van der Waals surface area contributed by atoms with E-state index < -0.39 is 12.0 Å². The molecule has 8 heteroatoms. The summed E-state index contributed by atoms with van der Waals surface area (Å²) >= 11 is 1.18. The number of nitrogens with one attached hydrogen (secondary N) is 1. The molecule has 3 aromatic rings. The van der Waals surface area contributed by atoms with Gasteiger partial charge in [0.15, 0.2) is 0 Å². The first kappa shape index (κ1) is 17.1. The van der Waals surface area contributed by atoms with Crippen LogP contribution >= 0.6 is 11.8 Å². The van der Waals surface area contributed by atoms with Gasteiger partial charge in [0, 0.05) is 28.9 Å². The summed E-state index contributed by atoms with van der Waals surface area (Å²) in [7, 11) is 0. The second kappa shape index (κ2) is 7.45. The highest BCUT2D eigenvalue weighted by atomic mass is 32.2. The van der Waals surface area contributed by atoms with Crippen molar-refractivity contribution < 1.29 is 14.7 Å². The van der Waals surface area contributed by atoms with Crippen LogP contribution < -0.4 is 11.1 Å². The van der Waals surface area contributed by atoms with Crippen molar-refractivity contribution in [3.05, 3.63) is 42.7 Å². The van der Waals surface area contributed by atoms with Gasteiger partial charge in [-0.05, 0) is 24.3 Å². The number of carbonyl (C=O) groups is 2. The zero-order valence-corrected chi connectivity index (χ0v) is 14.0. The minimum Gasteiger partial charge on any atom is -0.480 e. The second-order valence-corrected chi connectivity index (χ2v) is 6.44. The molecule has 0 aliphatic carbocycles. The molecular formula is C17H16N4O3S. The van der Waals surface area contributed by atoms with E-state index in [1.165, 1.54) is 11.8 Å². The van der Waals surface area contributed by atoms with Crippen LogP contribution in [0.1, 0.15) is 0 Å². The number of nitrogens with two attached hydrogens (primary N) is 1. The number of aliphatic carboxylic acids is 1. The van der Waals surface area contributed by atoms with Crippen LogP contribution in [0.2, 0.25) is 0 Å². The van der Waals surface area contributed by atoms with Crippen LogP contribution in [0, 0.1) is 0 Å². The normalized spacial score (nSPS) is 12.2. The Hall–Kier alpha value is -2.71. The summed E-state index contributed by atoms with van der Waals surface area (Å²) in [5, 5.41) is 13.3. The predicted molar refractivity (Wildman–Crippen MR) is 98.6 cm³/mol. The Morgan fingerprint density at radius 3 is 2.68 bits per heavy atom. The second-order valence-electron chi connectivity index (χ2n) is 5.41. The lowest BCUT2D eigenvalue weighted by Crippen LogP contribution is -2.33. The average Bonchev–Trinajstić information content (AvgIpc) is 2.61. The summed E-state index contributed by atoms with van der Waals surface area (Å²) in [6.45, 7) is 0. The highest BCUT2D eigenvalue weighted by Gasteiger charge is 2.14. The molecule has 0 saturated carbocycles. The van der Waals surface area contributed by atoms with Crippen molar-refractivity contribution in [2.75, 3.05) is 16.8 Å². The summed E-state index contributed by atoms with van der Waals surface area (Å²) < 4.78 is 0. The molecule has 2 heterocycles. The van der Waals surface area contributed by atoms with Crippen LogP contribution in [0.25, 0.3) is 21.8 Å². The average molecular weight is 356 g/mol. The van der Waals surface area contributed by atoms with Gasteiger partial charge in [0.1, 0.15) is 6.04 Å². The van der Waals surface area contributed by atoms with Crippen LogP contribution in [0.5, 0.6) is 0 Å². The molecule has 0 radical (unpaired) electrons. The van der Waals surface area contributed by atoms with Crippen LogP contribution in [0.3, 0.4) is 0 Å². The fraction of sp³-hybridized carbons (Fsp3) is 0.176. The lowest BCUT2D eigenvalue weighted by molar-refractivity contribution is -0.137. The Kier molecular flexibility index (Phi) is 5.11. The number of benzene rings is 1. The number of aromatic nitrogens is 2. The van der Waals surface area contributed by atoms with E-state index in [0.29, 0.717) is 5.69 Å². The van der Waals surface area contributed by atoms with Gasteiger partial charge >= 0.3 is 5.97 Å². The van der Waals surface area contributed by atoms with Crippen LogP contribution in [0.15, 0.2) is 42.7 Å². The molecule has 0 spiro atoms. The third kappa shape index (κ3) is 3.86. The van der Waals surface area contributed by atoms with Gasteiger partial charge < -0.3 is 16.2 Å². The first-order chi connectivity index (χ1) is 12.1. The van der Waals surface area contributed by atoms with Crippen molar-refractivity contribution in [2.45, 2.75) is 6.04 Å². The number of hydrogen-bond acceptors (Lipinski definition) is 6. The molecule has 1 atom stereocenters. The lowest BCUT2D eigenvalue weighted by Gasteiger charge is -2.11. The molecule has 128 valence electrons. The van der Waals surface area contributed by atoms with Crippen LogP contribution in [-0.2, 0) is 9.59 Å². The number of fused-ring (bicyclic) bond motifs is 3. The maximum Gasteiger partial charge on any atom is 0.321 e. The van der Waals surface area contributed by atoms with E-state index in [9.17, 15) is 9.59 Å². The smallest absolute Gasteiger partial charge is 0.321 e. The Balaban J connectivity index is 1.80. The molecule has 0 aliphatic heterocycles. The predicted octanol–water partition coefficient (Wildman–Crippen LogP) is 1.87. The maximum absolute atomic E-state index is 12.2. The molecule has 1 unspecified atom stereocenters. The molecule has 0 aliphatic rings. The van der Waals surface area contributed by atoms with Gasteiger partial charge in [0.2, 0.25) is 5.91 Å². The van der Waals surface area contributed by atoms with E-state index in [4.69, 9.17) is 10.8 Å². The van der Waals surface area contributed by atoms with Gasteiger partial charge in [-0.2, -0.15) is 0 Å². The van der Waals surface area contributed by atoms with Crippen molar-refractivity contribution in [1.82, 2.24) is 9.97 Å². The topological polar surface area (TPSA) is 118 Å². The van der Waals surface area contributed by atoms with Crippen LogP contribution in [0.4, 0.5) is 5.69 Å². The summed E-state index contributed by atoms with van der Waals surface area (Å²) in [4.78, 5) is 31.6. The van der Waals surface area contributed by atoms with Gasteiger partial charge in [0.25, 0.3) is 0 Å². The number of carbonyl (C=O) groups excluding carboxylic acids is 1. The van der Waals surface area contributed by atoms with E-state index >= 15 is 0 Å². The Labute approximate surface area is 147 Å². The third-order valence-corrected chi connectivity index (χ3v) is 4.64. The third-order valence-electron chi connectivity index (χ3n) is 3.58. The van der Waals surface area contributed by atoms with Gasteiger partial charge in [-0.3, -0.25) is 19.6 Å². The van der Waals surface area contributed by atoms with Gasteiger partial charge in [-0.1, -0.05) is 6.07 Å². The monoisotopic (exact) mass is 356 g/mol. The molecule has 0 fully saturated rings. The van der Waals surface area contributed by atoms with Gasteiger partial charge in [-0.15, -0.1) is 11.8 Å². The fourth-order valence-corrected chi connectivity index (χ4v) is 3.19. The molecular weight excluding hydrogens is 340 g/mol. The number of anilines is 1. The zero-order valence-electron chi connectivity index (χ0n) is 13.2. The van der Waals surface area contributed by atoms with Crippen molar-refractivity contribution in [3.8, 4) is 0 Å². The number of hydrogen-bond donors (Lipinski definition) is 3. The first-order valence-electron chi connectivity index (χ1n) is 7.54. The summed E-state index contributed by atoms with van der Waals surface area (Å²) in [5.74, 6) is -1.01. The molecule has 1 amide bonds. The Bertz CT molecular complexity index is 947. The van der Waals surface area contributed by atoms with Gasteiger partial charge in [-0.25, -0.2) is 0 Å². The largest absolute Gasteiger partial charge is 0.480 e. The SMILES string of the molecule is NC(CSCC(=O)Nc1cc2cccnc2c2ncccc12)C(=O)O. The number of carboxylic acids is 1. The minimum absolute atomic E-state index is 0.119. The number of thioether (sulfide) groups is 1. The van der Waals surface area contributed by atoms with Gasteiger partial charge in [0.05, 0.1) is 22.5 Å². The van der Waals surface area contributed by atoms with E-state index in [1.807, 2.05) is 24.3 Å². The van der Waals surface area contributed by atoms with E-state index in [2.05, 4.69) is 15.3 Å².